The van der Waals surface area contributed by atoms with E-state index in [9.17, 15) is 4.39 Å². The van der Waals surface area contributed by atoms with Crippen LogP contribution in [-0.4, -0.2) is 47.6 Å². The molecule has 2 N–H and O–H groups in total. The molecule has 1 unspecified atom stereocenters. The zero-order chi connectivity index (χ0) is 21.2. The van der Waals surface area contributed by atoms with Gasteiger partial charge in [-0.3, -0.25) is 0 Å². The number of aryl methyl sites for hydroxylation is 1. The maximum atomic E-state index is 14.1. The number of nitrogens with one attached hydrogen (secondary N) is 2. The average molecular weight is 534 g/mol. The molecule has 1 aromatic carbocycles. The van der Waals surface area contributed by atoms with Crippen molar-refractivity contribution in [2.75, 3.05) is 26.9 Å². The van der Waals surface area contributed by atoms with Crippen LogP contribution in [0.4, 0.5) is 4.39 Å². The first-order chi connectivity index (χ1) is 14.0. The highest BCUT2D eigenvalue weighted by atomic mass is 127. The first-order valence-electron chi connectivity index (χ1n) is 9.77. The van der Waals surface area contributed by atoms with Crippen molar-refractivity contribution in [3.8, 4) is 5.75 Å². The Balaban J connectivity index is 0.00000450. The van der Waals surface area contributed by atoms with Crippen LogP contribution >= 0.6 is 24.0 Å². The topological polar surface area (TPSA) is 85.6 Å². The molecule has 0 radical (unpaired) electrons. The van der Waals surface area contributed by atoms with Gasteiger partial charge >= 0.3 is 0 Å². The Morgan fingerprint density at radius 3 is 2.70 bits per heavy atom. The summed E-state index contributed by atoms with van der Waals surface area (Å²) in [6, 6.07) is 4.76. The van der Waals surface area contributed by atoms with E-state index < -0.39 is 5.82 Å². The highest BCUT2D eigenvalue weighted by Gasteiger charge is 2.12. The van der Waals surface area contributed by atoms with Crippen LogP contribution < -0.4 is 15.4 Å². The minimum atomic E-state index is -0.392. The Morgan fingerprint density at radius 1 is 1.33 bits per heavy atom. The third-order valence-corrected chi connectivity index (χ3v) is 4.55. The number of benzene rings is 1. The van der Waals surface area contributed by atoms with Crippen LogP contribution in [0, 0.1) is 12.7 Å². The highest BCUT2D eigenvalue weighted by Crippen LogP contribution is 2.21. The lowest BCUT2D eigenvalue weighted by molar-refractivity contribution is 0.145. The molecule has 1 aromatic heterocycles. The molecule has 0 bridgehead atoms. The maximum Gasteiger partial charge on any atom is 0.192 e. The Hall–Kier alpha value is -1.95. The Kier molecular flexibility index (Phi) is 11.6. The summed E-state index contributed by atoms with van der Waals surface area (Å²) in [5, 5.41) is 14.8. The molecule has 8 nitrogen and oxygen atoms in total. The van der Waals surface area contributed by atoms with Crippen LogP contribution in [-0.2, 0) is 18.3 Å². The van der Waals surface area contributed by atoms with Crippen molar-refractivity contribution in [3.63, 3.8) is 0 Å². The smallest absolute Gasteiger partial charge is 0.192 e. The van der Waals surface area contributed by atoms with Gasteiger partial charge in [0, 0.05) is 26.8 Å². The Labute approximate surface area is 194 Å². The van der Waals surface area contributed by atoms with Crippen molar-refractivity contribution in [2.45, 2.75) is 39.8 Å². The van der Waals surface area contributed by atoms with Gasteiger partial charge in [0.05, 0.1) is 13.2 Å². The second-order valence-corrected chi connectivity index (χ2v) is 6.62. The van der Waals surface area contributed by atoms with Crippen molar-refractivity contribution >= 4 is 29.9 Å². The van der Waals surface area contributed by atoms with E-state index in [0.717, 1.165) is 23.6 Å². The van der Waals surface area contributed by atoms with Gasteiger partial charge in [-0.05, 0) is 44.9 Å². The number of methoxy groups -OCH3 is 1. The number of ether oxygens (including phenoxy) is 2. The summed E-state index contributed by atoms with van der Waals surface area (Å²) >= 11 is 0. The lowest BCUT2D eigenvalue weighted by atomic mass is 10.1. The van der Waals surface area contributed by atoms with Gasteiger partial charge in [0.15, 0.2) is 23.4 Å². The molecule has 0 aliphatic rings. The molecular weight excluding hydrogens is 502 g/mol. The van der Waals surface area contributed by atoms with Crippen LogP contribution in [0.25, 0.3) is 0 Å². The van der Waals surface area contributed by atoms with Gasteiger partial charge in [0.2, 0.25) is 0 Å². The minimum absolute atomic E-state index is 0. The van der Waals surface area contributed by atoms with E-state index in [2.05, 4.69) is 25.8 Å². The number of halogens is 2. The Bertz CT molecular complexity index is 815. The molecule has 0 amide bonds. The Morgan fingerprint density at radius 2 is 2.10 bits per heavy atom. The molecule has 1 heterocycles. The number of hydrogen-bond donors (Lipinski definition) is 2. The SMILES string of the molecule is CCOCCCNC(=NCc1nnc(C)n1C)NC(C)c1ccc(OC)c(F)c1.I. The van der Waals surface area contributed by atoms with E-state index >= 15 is 0 Å². The largest absolute Gasteiger partial charge is 0.494 e. The summed E-state index contributed by atoms with van der Waals surface area (Å²) in [6.45, 7) is 8.27. The summed E-state index contributed by atoms with van der Waals surface area (Å²) in [4.78, 5) is 4.62. The second-order valence-electron chi connectivity index (χ2n) is 6.62. The standard InChI is InChI=1S/C20H31FN6O2.HI/c1-6-29-11-7-10-22-20(23-13-19-26-25-15(3)27(19)4)24-14(2)16-8-9-18(28-5)17(21)12-16;/h8-9,12,14H,6-7,10-11,13H2,1-5H3,(H2,22,23,24);1H. The molecule has 2 aromatic rings. The van der Waals surface area contributed by atoms with Crippen LogP contribution in [0.5, 0.6) is 5.75 Å². The fourth-order valence-corrected chi connectivity index (χ4v) is 2.66. The van der Waals surface area contributed by atoms with Crippen molar-refractivity contribution in [1.82, 2.24) is 25.4 Å². The van der Waals surface area contributed by atoms with E-state index in [-0.39, 0.29) is 35.8 Å². The van der Waals surface area contributed by atoms with E-state index in [1.807, 2.05) is 38.5 Å². The van der Waals surface area contributed by atoms with Crippen LogP contribution in [0.3, 0.4) is 0 Å². The predicted octanol–water partition coefficient (Wildman–Crippen LogP) is 3.11. The first-order valence-corrected chi connectivity index (χ1v) is 9.77. The van der Waals surface area contributed by atoms with Gasteiger partial charge in [-0.1, -0.05) is 6.07 Å². The summed E-state index contributed by atoms with van der Waals surface area (Å²) in [5.41, 5.74) is 0.793. The summed E-state index contributed by atoms with van der Waals surface area (Å²) < 4.78 is 26.3. The summed E-state index contributed by atoms with van der Waals surface area (Å²) in [5.74, 6) is 2.04. The summed E-state index contributed by atoms with van der Waals surface area (Å²) in [6.07, 6.45) is 0.850. The number of aliphatic imine (C=N–C) groups is 1. The molecule has 168 valence electrons. The first kappa shape index (κ1) is 26.1. The normalized spacial score (nSPS) is 12.3. The number of rotatable bonds is 10. The predicted molar refractivity (Wildman–Crippen MR) is 126 cm³/mol. The molecule has 0 spiro atoms. The molecule has 10 heteroatoms. The van der Waals surface area contributed by atoms with Gasteiger partial charge in [0.1, 0.15) is 12.4 Å². The fourth-order valence-electron chi connectivity index (χ4n) is 2.66. The van der Waals surface area contributed by atoms with E-state index in [1.165, 1.54) is 13.2 Å². The average Bonchev–Trinajstić information content (AvgIpc) is 3.03. The number of hydrogen-bond acceptors (Lipinski definition) is 5. The van der Waals surface area contributed by atoms with Crippen LogP contribution in [0.2, 0.25) is 0 Å². The lowest BCUT2D eigenvalue weighted by Gasteiger charge is -2.19. The molecular formula is C20H32FIN6O2. The molecule has 30 heavy (non-hydrogen) atoms. The zero-order valence-corrected chi connectivity index (χ0v) is 20.6. The molecule has 0 fully saturated rings. The third-order valence-electron chi connectivity index (χ3n) is 4.55. The second kappa shape index (κ2) is 13.4. The van der Waals surface area contributed by atoms with E-state index in [0.29, 0.717) is 32.3 Å². The minimum Gasteiger partial charge on any atom is -0.494 e. The third kappa shape index (κ3) is 7.71. The van der Waals surface area contributed by atoms with Gasteiger partial charge < -0.3 is 24.7 Å². The molecule has 2 rings (SSSR count). The van der Waals surface area contributed by atoms with Gasteiger partial charge in [-0.15, -0.1) is 34.2 Å². The molecule has 0 saturated carbocycles. The molecule has 0 saturated heterocycles. The number of aromatic nitrogens is 3. The van der Waals surface area contributed by atoms with Crippen molar-refractivity contribution in [3.05, 3.63) is 41.2 Å². The van der Waals surface area contributed by atoms with E-state index in [1.54, 1.807) is 6.07 Å². The summed E-state index contributed by atoms with van der Waals surface area (Å²) in [7, 11) is 3.36. The fraction of sp³-hybridized carbons (Fsp3) is 0.550. The van der Waals surface area contributed by atoms with Crippen molar-refractivity contribution < 1.29 is 13.9 Å². The molecule has 0 aliphatic heterocycles. The molecule has 1 atom stereocenters. The molecule has 0 aliphatic carbocycles. The zero-order valence-electron chi connectivity index (χ0n) is 18.2. The maximum absolute atomic E-state index is 14.1. The van der Waals surface area contributed by atoms with Crippen LogP contribution in [0.15, 0.2) is 23.2 Å². The number of guanidine groups is 1. The number of nitrogens with zero attached hydrogens (tertiary/aromatic N) is 4. The van der Waals surface area contributed by atoms with Crippen LogP contribution in [0.1, 0.15) is 43.5 Å². The van der Waals surface area contributed by atoms with Crippen molar-refractivity contribution in [2.24, 2.45) is 12.0 Å². The van der Waals surface area contributed by atoms with Gasteiger partial charge in [-0.25, -0.2) is 9.38 Å². The highest BCUT2D eigenvalue weighted by molar-refractivity contribution is 14.0. The van der Waals surface area contributed by atoms with Gasteiger partial charge in [-0.2, -0.15) is 0 Å². The lowest BCUT2D eigenvalue weighted by Crippen LogP contribution is -2.39. The monoisotopic (exact) mass is 534 g/mol. The van der Waals surface area contributed by atoms with E-state index in [4.69, 9.17) is 9.47 Å². The quantitative estimate of drug-likeness (QED) is 0.211. The van der Waals surface area contributed by atoms with Gasteiger partial charge in [0.25, 0.3) is 0 Å². The van der Waals surface area contributed by atoms with Crippen molar-refractivity contribution in [1.29, 1.82) is 0 Å².